The van der Waals surface area contributed by atoms with Gasteiger partial charge in [0, 0.05) is 4.47 Å². The first-order valence-corrected chi connectivity index (χ1v) is 9.68. The molecule has 4 heteroatoms. The first kappa shape index (κ1) is 16.9. The van der Waals surface area contributed by atoms with Gasteiger partial charge in [0.1, 0.15) is 0 Å². The Morgan fingerprint density at radius 2 is 1.43 bits per heavy atom. The van der Waals surface area contributed by atoms with Gasteiger partial charge < -0.3 is 4.74 Å². The molecule has 0 aromatic heterocycles. The summed E-state index contributed by atoms with van der Waals surface area (Å²) >= 11 is 3.49. The van der Waals surface area contributed by atoms with Crippen molar-refractivity contribution in [2.45, 2.75) is 0 Å². The Kier molecular flexibility index (Phi) is 4.06. The molecule has 0 amide bonds. The van der Waals surface area contributed by atoms with Crippen molar-refractivity contribution in [1.82, 2.24) is 0 Å². The van der Waals surface area contributed by atoms with Crippen LogP contribution in [0.2, 0.25) is 0 Å². The lowest BCUT2D eigenvalue weighted by molar-refractivity contribution is -0.129. The predicted molar refractivity (Wildman–Crippen MR) is 116 cm³/mol. The molecule has 0 bridgehead atoms. The van der Waals surface area contributed by atoms with Crippen LogP contribution < -0.4 is 0 Å². The van der Waals surface area contributed by atoms with E-state index in [0.29, 0.717) is 11.6 Å². The van der Waals surface area contributed by atoms with Crippen LogP contribution in [0.15, 0.2) is 94.0 Å². The van der Waals surface area contributed by atoms with Gasteiger partial charge in [-0.3, -0.25) is 0 Å². The van der Waals surface area contributed by atoms with E-state index in [9.17, 15) is 4.79 Å². The molecule has 0 radical (unpaired) electrons. The summed E-state index contributed by atoms with van der Waals surface area (Å²) in [5.41, 5.74) is 2.02. The number of nitrogens with zero attached hydrogens (tertiary/aromatic N) is 1. The molecule has 5 rings (SSSR count). The van der Waals surface area contributed by atoms with Gasteiger partial charge in [-0.1, -0.05) is 60.7 Å². The lowest BCUT2D eigenvalue weighted by Crippen LogP contribution is -2.05. The monoisotopic (exact) mass is 427 g/mol. The van der Waals surface area contributed by atoms with Crippen molar-refractivity contribution in [3.8, 4) is 0 Å². The Labute approximate surface area is 170 Å². The van der Waals surface area contributed by atoms with E-state index >= 15 is 0 Å². The molecule has 1 aliphatic heterocycles. The van der Waals surface area contributed by atoms with Gasteiger partial charge >= 0.3 is 5.97 Å². The Hall–Kier alpha value is -3.24. The zero-order valence-corrected chi connectivity index (χ0v) is 16.3. The third-order valence-corrected chi connectivity index (χ3v) is 5.51. The molecule has 0 saturated carbocycles. The van der Waals surface area contributed by atoms with Crippen LogP contribution in [0.25, 0.3) is 27.6 Å². The summed E-state index contributed by atoms with van der Waals surface area (Å²) < 4.78 is 6.28. The summed E-state index contributed by atoms with van der Waals surface area (Å²) in [6.45, 7) is 0. The average Bonchev–Trinajstić information content (AvgIpc) is 3.08. The zero-order chi connectivity index (χ0) is 19.1. The van der Waals surface area contributed by atoms with Crippen LogP contribution in [0.4, 0.5) is 0 Å². The van der Waals surface area contributed by atoms with Gasteiger partial charge in [-0.2, -0.15) is 0 Å². The van der Waals surface area contributed by atoms with E-state index in [1.54, 1.807) is 0 Å². The maximum Gasteiger partial charge on any atom is 0.363 e. The molecule has 0 atom stereocenters. The molecule has 0 saturated heterocycles. The van der Waals surface area contributed by atoms with Gasteiger partial charge in [-0.05, 0) is 67.3 Å². The van der Waals surface area contributed by atoms with Crippen molar-refractivity contribution < 1.29 is 9.53 Å². The number of aliphatic imine (C=N–C) groups is 1. The third kappa shape index (κ3) is 2.83. The maximum absolute atomic E-state index is 12.5. The van der Waals surface area contributed by atoms with Gasteiger partial charge in [0.05, 0.1) is 5.56 Å². The van der Waals surface area contributed by atoms with Gasteiger partial charge in [0.15, 0.2) is 5.70 Å². The van der Waals surface area contributed by atoms with Crippen LogP contribution in [0, 0.1) is 0 Å². The zero-order valence-electron chi connectivity index (χ0n) is 14.7. The smallest absolute Gasteiger partial charge is 0.363 e. The number of ether oxygens (including phenoxy) is 1. The summed E-state index contributed by atoms with van der Waals surface area (Å²) in [7, 11) is 0. The molecule has 3 nitrogen and oxygen atoms in total. The van der Waals surface area contributed by atoms with E-state index in [1.807, 2.05) is 54.6 Å². The van der Waals surface area contributed by atoms with E-state index in [-0.39, 0.29) is 0 Å². The first-order valence-electron chi connectivity index (χ1n) is 8.89. The molecule has 0 unspecified atom stereocenters. The second-order valence-corrected chi connectivity index (χ2v) is 7.40. The Morgan fingerprint density at radius 1 is 0.821 bits per heavy atom. The lowest BCUT2D eigenvalue weighted by Gasteiger charge is -2.08. The number of carbonyl (C=O) groups is 1. The van der Waals surface area contributed by atoms with Gasteiger partial charge in [-0.15, -0.1) is 0 Å². The molecule has 4 aromatic rings. The van der Waals surface area contributed by atoms with Gasteiger partial charge in [0.25, 0.3) is 0 Å². The van der Waals surface area contributed by atoms with Crippen molar-refractivity contribution in [1.29, 1.82) is 0 Å². The van der Waals surface area contributed by atoms with E-state index in [2.05, 4.69) is 51.3 Å². The van der Waals surface area contributed by atoms with Gasteiger partial charge in [-0.25, -0.2) is 9.79 Å². The number of hydrogen-bond acceptors (Lipinski definition) is 3. The van der Waals surface area contributed by atoms with Crippen molar-refractivity contribution in [2.24, 2.45) is 4.99 Å². The van der Waals surface area contributed by atoms with Crippen molar-refractivity contribution in [2.75, 3.05) is 0 Å². The van der Waals surface area contributed by atoms with E-state index < -0.39 is 5.97 Å². The SMILES string of the molecule is O=C1OC(c2ccccc2Br)=N/C1=C\c1c2ccccc2cc2ccccc12. The maximum atomic E-state index is 12.5. The quantitative estimate of drug-likeness (QED) is 0.220. The van der Waals surface area contributed by atoms with Crippen LogP contribution >= 0.6 is 15.9 Å². The molecule has 134 valence electrons. The fourth-order valence-corrected chi connectivity index (χ4v) is 3.95. The summed E-state index contributed by atoms with van der Waals surface area (Å²) in [6.07, 6.45) is 1.83. The second-order valence-electron chi connectivity index (χ2n) is 6.55. The average molecular weight is 428 g/mol. The van der Waals surface area contributed by atoms with Crippen molar-refractivity contribution in [3.63, 3.8) is 0 Å². The number of esters is 1. The van der Waals surface area contributed by atoms with Crippen LogP contribution in [0.5, 0.6) is 0 Å². The molecule has 0 spiro atoms. The van der Waals surface area contributed by atoms with Crippen molar-refractivity contribution in [3.05, 3.63) is 100 Å². The number of rotatable bonds is 2. The fourth-order valence-electron chi connectivity index (χ4n) is 3.50. The minimum atomic E-state index is -0.442. The molecule has 0 N–H and O–H groups in total. The minimum absolute atomic E-state index is 0.298. The van der Waals surface area contributed by atoms with Crippen LogP contribution in [0.1, 0.15) is 11.1 Å². The van der Waals surface area contributed by atoms with E-state index in [0.717, 1.165) is 37.1 Å². The summed E-state index contributed by atoms with van der Waals surface area (Å²) in [5, 5.41) is 4.39. The highest BCUT2D eigenvalue weighted by molar-refractivity contribution is 9.10. The van der Waals surface area contributed by atoms with Crippen LogP contribution in [-0.2, 0) is 9.53 Å². The third-order valence-electron chi connectivity index (χ3n) is 4.82. The predicted octanol–water partition coefficient (Wildman–Crippen LogP) is 6.10. The molecular formula is C24H14BrNO2. The number of fused-ring (bicyclic) bond motifs is 2. The first-order chi connectivity index (χ1) is 13.7. The highest BCUT2D eigenvalue weighted by atomic mass is 79.9. The Balaban J connectivity index is 1.73. The van der Waals surface area contributed by atoms with Gasteiger partial charge in [0.2, 0.25) is 5.90 Å². The number of halogens is 1. The highest BCUT2D eigenvalue weighted by Crippen LogP contribution is 2.32. The van der Waals surface area contributed by atoms with Crippen LogP contribution in [-0.4, -0.2) is 11.9 Å². The summed E-state index contributed by atoms with van der Waals surface area (Å²) in [5.74, 6) is -0.129. The molecule has 28 heavy (non-hydrogen) atoms. The van der Waals surface area contributed by atoms with E-state index in [4.69, 9.17) is 4.74 Å². The number of hydrogen-bond donors (Lipinski definition) is 0. The summed E-state index contributed by atoms with van der Waals surface area (Å²) in [6, 6.07) is 26.0. The summed E-state index contributed by atoms with van der Waals surface area (Å²) in [4.78, 5) is 17.0. The number of carbonyl (C=O) groups excluding carboxylic acids is 1. The number of benzene rings is 4. The topological polar surface area (TPSA) is 38.7 Å². The largest absolute Gasteiger partial charge is 0.402 e. The standard InChI is InChI=1S/C24H14BrNO2/c25-21-12-6-5-11-19(21)23-26-22(24(27)28-23)14-20-17-9-3-1-7-15(17)13-16-8-2-4-10-18(16)20/h1-14H/b22-14-. The molecule has 4 aromatic carbocycles. The molecule has 1 aliphatic rings. The van der Waals surface area contributed by atoms with Crippen molar-refractivity contribution >= 4 is 55.4 Å². The second kappa shape index (κ2) is 6.73. The normalized spacial score (nSPS) is 15.2. The van der Waals surface area contributed by atoms with Crippen LogP contribution in [0.3, 0.4) is 0 Å². The fraction of sp³-hybridized carbons (Fsp3) is 0. The highest BCUT2D eigenvalue weighted by Gasteiger charge is 2.25. The lowest BCUT2D eigenvalue weighted by atomic mass is 9.96. The number of cyclic esters (lactones) is 1. The molecule has 1 heterocycles. The van der Waals surface area contributed by atoms with E-state index in [1.165, 1.54) is 0 Å². The molecular weight excluding hydrogens is 414 g/mol. The minimum Gasteiger partial charge on any atom is -0.402 e. The molecule has 0 aliphatic carbocycles. The Bertz CT molecular complexity index is 1270. The molecule has 0 fully saturated rings. The Morgan fingerprint density at radius 3 is 2.11 bits per heavy atom.